The number of hydrogen-bond acceptors (Lipinski definition) is 5. The highest BCUT2D eigenvalue weighted by Gasteiger charge is 2.52. The lowest BCUT2D eigenvalue weighted by Crippen LogP contribution is -2.41. The van der Waals surface area contributed by atoms with Gasteiger partial charge in [-0.15, -0.1) is 0 Å². The third-order valence-corrected chi connectivity index (χ3v) is 4.52. The van der Waals surface area contributed by atoms with Crippen LogP contribution in [0.15, 0.2) is 28.9 Å². The summed E-state index contributed by atoms with van der Waals surface area (Å²) in [6.45, 7) is 7.62. The summed E-state index contributed by atoms with van der Waals surface area (Å²) in [6.07, 6.45) is 4.81. The van der Waals surface area contributed by atoms with Crippen molar-refractivity contribution in [3.05, 3.63) is 40.0 Å². The molecule has 1 aliphatic rings. The number of H-pyrrole nitrogens is 1. The molecule has 0 radical (unpaired) electrons. The van der Waals surface area contributed by atoms with Crippen LogP contribution in [0.2, 0.25) is 0 Å². The number of aromatic nitrogens is 3. The highest BCUT2D eigenvalue weighted by molar-refractivity contribution is 6.55. The van der Waals surface area contributed by atoms with Crippen LogP contribution in [0, 0.1) is 0 Å². The van der Waals surface area contributed by atoms with Crippen molar-refractivity contribution in [2.75, 3.05) is 6.61 Å². The monoisotopic (exact) mass is 317 g/mol. The Bertz CT molecular complexity index is 805. The van der Waals surface area contributed by atoms with E-state index in [1.165, 1.54) is 10.8 Å². The van der Waals surface area contributed by atoms with Gasteiger partial charge in [0.05, 0.1) is 17.8 Å². The van der Waals surface area contributed by atoms with Crippen LogP contribution in [0.3, 0.4) is 0 Å². The first-order valence-electron chi connectivity index (χ1n) is 7.46. The highest BCUT2D eigenvalue weighted by atomic mass is 16.7. The molecule has 2 aromatic heterocycles. The lowest BCUT2D eigenvalue weighted by molar-refractivity contribution is 0.00578. The summed E-state index contributed by atoms with van der Waals surface area (Å²) in [5, 5.41) is 13.7. The van der Waals surface area contributed by atoms with Crippen molar-refractivity contribution in [3.8, 4) is 0 Å². The minimum Gasteiger partial charge on any atom is -0.400 e. The van der Waals surface area contributed by atoms with E-state index in [9.17, 15) is 9.90 Å². The Hall–Kier alpha value is -1.90. The minimum absolute atomic E-state index is 0.202. The second kappa shape index (κ2) is 5.33. The summed E-state index contributed by atoms with van der Waals surface area (Å²) in [5.74, 6) is 0. The number of nitrogens with one attached hydrogen (secondary N) is 1. The molecular formula is C15H20BN3O4. The lowest BCUT2D eigenvalue weighted by Gasteiger charge is -2.32. The Morgan fingerprint density at radius 3 is 2.61 bits per heavy atom. The fourth-order valence-corrected chi connectivity index (χ4v) is 2.44. The van der Waals surface area contributed by atoms with Crippen molar-refractivity contribution >= 4 is 18.7 Å². The van der Waals surface area contributed by atoms with E-state index in [0.29, 0.717) is 11.0 Å². The van der Waals surface area contributed by atoms with Crippen molar-refractivity contribution in [2.24, 2.45) is 0 Å². The molecule has 3 heterocycles. The van der Waals surface area contributed by atoms with Crippen LogP contribution in [-0.2, 0) is 9.31 Å². The second-order valence-corrected chi connectivity index (χ2v) is 6.69. The first-order valence-corrected chi connectivity index (χ1v) is 7.46. The van der Waals surface area contributed by atoms with E-state index in [0.717, 1.165) is 5.56 Å². The summed E-state index contributed by atoms with van der Waals surface area (Å²) in [7, 11) is -0.626. The number of nitrogens with zero attached hydrogens (tertiary/aromatic N) is 2. The van der Waals surface area contributed by atoms with Crippen LogP contribution in [0.5, 0.6) is 0 Å². The van der Waals surface area contributed by atoms with Gasteiger partial charge in [-0.3, -0.25) is 4.79 Å². The van der Waals surface area contributed by atoms with Gasteiger partial charge in [-0.05, 0) is 44.8 Å². The van der Waals surface area contributed by atoms with Crippen molar-refractivity contribution in [3.63, 3.8) is 0 Å². The maximum atomic E-state index is 11.7. The normalized spacial score (nSPS) is 20.4. The molecule has 1 aliphatic heterocycles. The highest BCUT2D eigenvalue weighted by Crippen LogP contribution is 2.38. The third kappa shape index (κ3) is 2.73. The summed E-state index contributed by atoms with van der Waals surface area (Å²) >= 11 is 0. The van der Waals surface area contributed by atoms with Gasteiger partial charge in [-0.2, -0.15) is 5.10 Å². The molecule has 7 nitrogen and oxygen atoms in total. The average molecular weight is 317 g/mol. The van der Waals surface area contributed by atoms with E-state index in [2.05, 4.69) is 10.1 Å². The van der Waals surface area contributed by atoms with Gasteiger partial charge in [0.1, 0.15) is 11.8 Å². The molecular weight excluding hydrogens is 297 g/mol. The number of rotatable bonds is 3. The minimum atomic E-state index is -0.626. The molecule has 0 amide bonds. The van der Waals surface area contributed by atoms with Gasteiger partial charge in [0, 0.05) is 6.20 Å². The molecule has 0 bridgehead atoms. The van der Waals surface area contributed by atoms with Gasteiger partial charge in [-0.1, -0.05) is 6.08 Å². The molecule has 122 valence electrons. The van der Waals surface area contributed by atoms with Crippen LogP contribution in [0.4, 0.5) is 0 Å². The van der Waals surface area contributed by atoms with Gasteiger partial charge < -0.3 is 19.4 Å². The summed E-state index contributed by atoms with van der Waals surface area (Å²) < 4.78 is 13.4. The number of aromatic amines is 1. The van der Waals surface area contributed by atoms with Crippen LogP contribution in [0.1, 0.15) is 33.3 Å². The molecule has 0 atom stereocenters. The number of hydrogen-bond donors (Lipinski definition) is 2. The lowest BCUT2D eigenvalue weighted by atomic mass is 9.78. The SMILES string of the molecule is CC1(C)OB(C(=Cc2cc3c(=O)[nH]cnn3c2)CO)OC1(C)C. The summed E-state index contributed by atoms with van der Waals surface area (Å²) in [5.41, 5.74) is 0.599. The van der Waals surface area contributed by atoms with Gasteiger partial charge in [-0.25, -0.2) is 4.52 Å². The van der Waals surface area contributed by atoms with Gasteiger partial charge in [0.2, 0.25) is 0 Å². The number of aliphatic hydroxyl groups is 1. The van der Waals surface area contributed by atoms with Gasteiger partial charge in [0.25, 0.3) is 5.56 Å². The molecule has 3 rings (SSSR count). The van der Waals surface area contributed by atoms with E-state index < -0.39 is 18.3 Å². The Labute approximate surface area is 134 Å². The molecule has 1 saturated heterocycles. The Morgan fingerprint density at radius 1 is 1.39 bits per heavy atom. The molecule has 23 heavy (non-hydrogen) atoms. The fourth-order valence-electron chi connectivity index (χ4n) is 2.44. The van der Waals surface area contributed by atoms with Crippen molar-refractivity contribution in [2.45, 2.75) is 38.9 Å². The first kappa shape index (κ1) is 16.0. The zero-order valence-corrected chi connectivity index (χ0v) is 13.7. The van der Waals surface area contributed by atoms with Crippen LogP contribution >= 0.6 is 0 Å². The van der Waals surface area contributed by atoms with Crippen molar-refractivity contribution in [1.82, 2.24) is 14.6 Å². The zero-order valence-electron chi connectivity index (χ0n) is 13.7. The molecule has 0 spiro atoms. The zero-order chi connectivity index (χ0) is 16.8. The second-order valence-electron chi connectivity index (χ2n) is 6.69. The molecule has 0 aliphatic carbocycles. The fraction of sp³-hybridized carbons (Fsp3) is 0.467. The van der Waals surface area contributed by atoms with Crippen LogP contribution < -0.4 is 5.56 Å². The maximum Gasteiger partial charge on any atom is 0.492 e. The smallest absolute Gasteiger partial charge is 0.400 e. The van der Waals surface area contributed by atoms with Crippen LogP contribution in [0.25, 0.3) is 11.6 Å². The average Bonchev–Trinajstić information content (AvgIpc) is 2.96. The molecule has 8 heteroatoms. The largest absolute Gasteiger partial charge is 0.492 e. The standard InChI is InChI=1S/C15H20BN3O4/c1-14(2)15(3,4)23-16(22-14)11(8-20)5-10-6-12-13(21)17-9-18-19(12)7-10/h5-7,9,20H,8H2,1-4H3,(H,17,18,21). The van der Waals surface area contributed by atoms with Gasteiger partial charge >= 0.3 is 7.12 Å². The van der Waals surface area contributed by atoms with Crippen molar-refractivity contribution in [1.29, 1.82) is 0 Å². The predicted octanol–water partition coefficient (Wildman–Crippen LogP) is 1.03. The van der Waals surface area contributed by atoms with E-state index >= 15 is 0 Å². The predicted molar refractivity (Wildman–Crippen MR) is 87.0 cm³/mol. The molecule has 1 fully saturated rings. The quantitative estimate of drug-likeness (QED) is 0.826. The van der Waals surface area contributed by atoms with E-state index in [1.807, 2.05) is 27.7 Å². The Balaban J connectivity index is 1.96. The number of aliphatic hydroxyl groups excluding tert-OH is 1. The molecule has 2 aromatic rings. The Kier molecular flexibility index (Phi) is 3.70. The first-order chi connectivity index (χ1) is 10.7. The number of fused-ring (bicyclic) bond motifs is 1. The Morgan fingerprint density at radius 2 is 2.04 bits per heavy atom. The topological polar surface area (TPSA) is 88.9 Å². The molecule has 0 unspecified atom stereocenters. The van der Waals surface area contributed by atoms with Gasteiger partial charge in [0.15, 0.2) is 0 Å². The van der Waals surface area contributed by atoms with E-state index in [-0.39, 0.29) is 12.2 Å². The molecule has 2 N–H and O–H groups in total. The molecule has 0 saturated carbocycles. The summed E-state index contributed by atoms with van der Waals surface area (Å²) in [4.78, 5) is 14.3. The van der Waals surface area contributed by atoms with Crippen molar-refractivity contribution < 1.29 is 14.4 Å². The maximum absolute atomic E-state index is 11.7. The third-order valence-electron chi connectivity index (χ3n) is 4.52. The summed E-state index contributed by atoms with van der Waals surface area (Å²) in [6, 6.07) is 1.70. The van der Waals surface area contributed by atoms with E-state index in [1.54, 1.807) is 18.3 Å². The van der Waals surface area contributed by atoms with Crippen LogP contribution in [-0.4, -0.2) is 44.6 Å². The molecule has 0 aromatic carbocycles. The van der Waals surface area contributed by atoms with E-state index in [4.69, 9.17) is 9.31 Å².